The standard InChI is InChI=1S/C7H15NO2S.C5H10O2/c1-7(11(2,9)10)3-5-8-6-4-7;1-5(2,3)7-4-6/h8H,3-6H2,1-2H3;4H,1-3H3. The van der Waals surface area contributed by atoms with Crippen LogP contribution < -0.4 is 5.32 Å². The summed E-state index contributed by atoms with van der Waals surface area (Å²) in [5.41, 5.74) is -0.318. The van der Waals surface area contributed by atoms with Crippen LogP contribution in [0.5, 0.6) is 0 Å². The molecule has 108 valence electrons. The molecule has 0 aromatic heterocycles. The van der Waals surface area contributed by atoms with Crippen molar-refractivity contribution in [1.29, 1.82) is 0 Å². The van der Waals surface area contributed by atoms with E-state index in [2.05, 4.69) is 10.1 Å². The van der Waals surface area contributed by atoms with E-state index in [0.29, 0.717) is 6.47 Å². The number of ether oxygens (including phenoxy) is 1. The Hall–Kier alpha value is -0.620. The first-order chi connectivity index (χ1) is 8.02. The van der Waals surface area contributed by atoms with Gasteiger partial charge in [0.15, 0.2) is 9.84 Å². The van der Waals surface area contributed by atoms with Gasteiger partial charge in [-0.05, 0) is 53.6 Å². The molecule has 1 aliphatic heterocycles. The summed E-state index contributed by atoms with van der Waals surface area (Å²) in [4.78, 5) is 9.60. The molecule has 0 saturated carbocycles. The van der Waals surface area contributed by atoms with Gasteiger partial charge >= 0.3 is 0 Å². The fourth-order valence-electron chi connectivity index (χ4n) is 1.47. The Morgan fingerprint density at radius 3 is 1.83 bits per heavy atom. The van der Waals surface area contributed by atoms with Gasteiger partial charge in [0.2, 0.25) is 0 Å². The molecule has 1 rings (SSSR count). The second-order valence-corrected chi connectivity index (χ2v) is 8.33. The SMILES string of the molecule is CC(C)(C)OC=O.CC1(S(C)(=O)=O)CCNCC1. The Morgan fingerprint density at radius 1 is 1.22 bits per heavy atom. The van der Waals surface area contributed by atoms with Crippen LogP contribution in [-0.2, 0) is 19.4 Å². The predicted octanol–water partition coefficient (Wildman–Crippen LogP) is 1.13. The minimum atomic E-state index is -2.87. The normalized spacial score (nSPS) is 19.4. The van der Waals surface area contributed by atoms with E-state index in [1.807, 2.05) is 27.7 Å². The molecule has 1 heterocycles. The largest absolute Gasteiger partial charge is 0.462 e. The molecule has 0 spiro atoms. The molecule has 0 bridgehead atoms. The lowest BCUT2D eigenvalue weighted by Gasteiger charge is -2.31. The molecule has 1 N–H and O–H groups in total. The number of piperidine rings is 1. The number of hydrogen-bond acceptors (Lipinski definition) is 5. The van der Waals surface area contributed by atoms with Gasteiger partial charge in [0.25, 0.3) is 6.47 Å². The highest BCUT2D eigenvalue weighted by molar-refractivity contribution is 7.92. The van der Waals surface area contributed by atoms with Crippen molar-refractivity contribution in [3.05, 3.63) is 0 Å². The van der Waals surface area contributed by atoms with E-state index in [1.165, 1.54) is 6.26 Å². The molecule has 0 radical (unpaired) electrons. The maximum absolute atomic E-state index is 11.3. The molecule has 18 heavy (non-hydrogen) atoms. The maximum atomic E-state index is 11.3. The van der Waals surface area contributed by atoms with Crippen LogP contribution in [0.1, 0.15) is 40.5 Å². The van der Waals surface area contributed by atoms with Crippen LogP contribution >= 0.6 is 0 Å². The first-order valence-electron chi connectivity index (χ1n) is 6.04. The summed E-state index contributed by atoms with van der Waals surface area (Å²) in [6, 6.07) is 0. The minimum Gasteiger partial charge on any atom is -0.462 e. The van der Waals surface area contributed by atoms with Crippen LogP contribution in [0, 0.1) is 0 Å². The Balaban J connectivity index is 0.000000360. The molecular formula is C12H25NO4S. The molecule has 1 aliphatic rings. The first kappa shape index (κ1) is 17.4. The molecule has 0 unspecified atom stereocenters. The van der Waals surface area contributed by atoms with Gasteiger partial charge in [-0.15, -0.1) is 0 Å². The molecule has 1 saturated heterocycles. The number of carbonyl (C=O) groups excluding carboxylic acids is 1. The second-order valence-electron chi connectivity index (χ2n) is 5.80. The lowest BCUT2D eigenvalue weighted by molar-refractivity contribution is -0.138. The van der Waals surface area contributed by atoms with E-state index >= 15 is 0 Å². The third-order valence-corrected chi connectivity index (χ3v) is 5.16. The van der Waals surface area contributed by atoms with Gasteiger partial charge in [-0.1, -0.05) is 0 Å². The summed E-state index contributed by atoms with van der Waals surface area (Å²) in [6.07, 6.45) is 2.82. The third-order valence-electron chi connectivity index (χ3n) is 2.96. The molecule has 0 aromatic carbocycles. The molecule has 5 nitrogen and oxygen atoms in total. The van der Waals surface area contributed by atoms with E-state index in [4.69, 9.17) is 0 Å². The minimum absolute atomic E-state index is 0.318. The van der Waals surface area contributed by atoms with E-state index in [9.17, 15) is 13.2 Å². The third kappa shape index (κ3) is 6.35. The molecule has 0 amide bonds. The van der Waals surface area contributed by atoms with Crippen LogP contribution in [0.25, 0.3) is 0 Å². The van der Waals surface area contributed by atoms with Crippen LogP contribution in [-0.4, -0.2) is 44.6 Å². The zero-order valence-electron chi connectivity index (χ0n) is 11.9. The van der Waals surface area contributed by atoms with E-state index in [0.717, 1.165) is 25.9 Å². The van der Waals surface area contributed by atoms with Crippen molar-refractivity contribution in [2.24, 2.45) is 0 Å². The Bertz CT molecular complexity index is 351. The van der Waals surface area contributed by atoms with E-state index in [-0.39, 0.29) is 5.60 Å². The van der Waals surface area contributed by atoms with Crippen LogP contribution in [0.3, 0.4) is 0 Å². The van der Waals surface area contributed by atoms with Crippen LogP contribution in [0.4, 0.5) is 0 Å². The summed E-state index contributed by atoms with van der Waals surface area (Å²) in [5, 5.41) is 3.15. The monoisotopic (exact) mass is 279 g/mol. The number of nitrogens with one attached hydrogen (secondary N) is 1. The highest BCUT2D eigenvalue weighted by Crippen LogP contribution is 2.26. The first-order valence-corrected chi connectivity index (χ1v) is 7.93. The molecule has 0 aromatic rings. The summed E-state index contributed by atoms with van der Waals surface area (Å²) in [7, 11) is -2.87. The zero-order valence-corrected chi connectivity index (χ0v) is 12.8. The van der Waals surface area contributed by atoms with Gasteiger partial charge in [0.05, 0.1) is 4.75 Å². The fraction of sp³-hybridized carbons (Fsp3) is 0.917. The van der Waals surface area contributed by atoms with Gasteiger partial charge < -0.3 is 10.1 Å². The lowest BCUT2D eigenvalue weighted by Crippen LogP contribution is -2.44. The molecular weight excluding hydrogens is 254 g/mol. The lowest BCUT2D eigenvalue weighted by atomic mass is 10.00. The molecule has 1 fully saturated rings. The van der Waals surface area contributed by atoms with E-state index in [1.54, 1.807) is 0 Å². The Labute approximate surface area is 110 Å². The molecule has 0 atom stereocenters. The quantitative estimate of drug-likeness (QED) is 0.767. The highest BCUT2D eigenvalue weighted by Gasteiger charge is 2.36. The topological polar surface area (TPSA) is 72.5 Å². The van der Waals surface area contributed by atoms with Crippen LogP contribution in [0.15, 0.2) is 0 Å². The number of sulfone groups is 1. The molecule has 6 heteroatoms. The van der Waals surface area contributed by atoms with Crippen molar-refractivity contribution in [3.8, 4) is 0 Å². The predicted molar refractivity (Wildman–Crippen MR) is 72.3 cm³/mol. The van der Waals surface area contributed by atoms with Gasteiger partial charge in [0.1, 0.15) is 5.60 Å². The zero-order chi connectivity index (χ0) is 14.4. The number of hydrogen-bond donors (Lipinski definition) is 1. The van der Waals surface area contributed by atoms with Crippen molar-refractivity contribution in [3.63, 3.8) is 0 Å². The summed E-state index contributed by atoms with van der Waals surface area (Å²) < 4.78 is 26.6. The van der Waals surface area contributed by atoms with Gasteiger partial charge in [0, 0.05) is 6.26 Å². The van der Waals surface area contributed by atoms with Gasteiger partial charge in [-0.25, -0.2) is 8.42 Å². The average molecular weight is 279 g/mol. The van der Waals surface area contributed by atoms with Crippen molar-refractivity contribution in [2.75, 3.05) is 19.3 Å². The van der Waals surface area contributed by atoms with Crippen molar-refractivity contribution >= 4 is 16.3 Å². The summed E-state index contributed by atoms with van der Waals surface area (Å²) in [6.45, 7) is 9.40. The second kappa shape index (κ2) is 6.52. The van der Waals surface area contributed by atoms with Crippen molar-refractivity contribution in [1.82, 2.24) is 5.32 Å². The summed E-state index contributed by atoms with van der Waals surface area (Å²) >= 11 is 0. The smallest absolute Gasteiger partial charge is 0.293 e. The van der Waals surface area contributed by atoms with Crippen molar-refractivity contribution < 1.29 is 17.9 Å². The highest BCUT2D eigenvalue weighted by atomic mass is 32.2. The molecule has 0 aliphatic carbocycles. The average Bonchev–Trinajstić information content (AvgIpc) is 2.16. The van der Waals surface area contributed by atoms with Gasteiger partial charge in [-0.3, -0.25) is 4.79 Å². The van der Waals surface area contributed by atoms with Crippen molar-refractivity contribution in [2.45, 2.75) is 50.9 Å². The van der Waals surface area contributed by atoms with E-state index < -0.39 is 14.6 Å². The Morgan fingerprint density at radius 2 is 1.67 bits per heavy atom. The number of rotatable bonds is 2. The van der Waals surface area contributed by atoms with Gasteiger partial charge in [-0.2, -0.15) is 0 Å². The number of carbonyl (C=O) groups is 1. The Kier molecular flexibility index (Phi) is 6.29. The van der Waals surface area contributed by atoms with Crippen LogP contribution in [0.2, 0.25) is 0 Å². The fourth-order valence-corrected chi connectivity index (χ4v) is 2.42. The summed E-state index contributed by atoms with van der Waals surface area (Å²) in [5.74, 6) is 0. The maximum Gasteiger partial charge on any atom is 0.293 e.